The van der Waals surface area contributed by atoms with Crippen LogP contribution in [0.4, 0.5) is 5.69 Å². The number of carboxylic acid groups (broad SMARTS) is 1. The fraction of sp³-hybridized carbons (Fsp3) is 0.467. The first-order valence-electron chi connectivity index (χ1n) is 6.84. The molecule has 0 heterocycles. The third-order valence-electron chi connectivity index (χ3n) is 2.53. The van der Waals surface area contributed by atoms with E-state index in [4.69, 9.17) is 19.3 Å². The van der Waals surface area contributed by atoms with Gasteiger partial charge in [-0.05, 0) is 32.0 Å². The maximum atomic E-state index is 11.8. The summed E-state index contributed by atoms with van der Waals surface area (Å²) >= 11 is 0. The molecule has 7 heteroatoms. The van der Waals surface area contributed by atoms with Crippen molar-refractivity contribution in [3.05, 3.63) is 23.8 Å². The maximum Gasteiger partial charge on any atom is 0.335 e. The van der Waals surface area contributed by atoms with Crippen molar-refractivity contribution in [2.24, 2.45) is 0 Å². The molecule has 0 fully saturated rings. The Balaban J connectivity index is 2.78. The van der Waals surface area contributed by atoms with Crippen molar-refractivity contribution in [1.82, 2.24) is 0 Å². The Morgan fingerprint density at radius 2 is 2.00 bits per heavy atom. The Labute approximate surface area is 129 Å². The van der Waals surface area contributed by atoms with Gasteiger partial charge in [0.05, 0.1) is 30.6 Å². The second-order valence-corrected chi connectivity index (χ2v) is 4.78. The normalized spacial score (nSPS) is 10.5. The van der Waals surface area contributed by atoms with E-state index < -0.39 is 11.9 Å². The Bertz CT molecular complexity index is 515. The second kappa shape index (κ2) is 9.01. The number of amides is 1. The van der Waals surface area contributed by atoms with Crippen LogP contribution in [0.2, 0.25) is 0 Å². The second-order valence-electron chi connectivity index (χ2n) is 4.78. The molecule has 0 saturated carbocycles. The molecule has 1 aromatic carbocycles. The molecule has 1 amide bonds. The molecule has 0 unspecified atom stereocenters. The molecule has 0 aromatic heterocycles. The quantitative estimate of drug-likeness (QED) is 0.675. The summed E-state index contributed by atoms with van der Waals surface area (Å²) in [5, 5.41) is 11.6. The zero-order chi connectivity index (χ0) is 16.5. The molecule has 0 saturated heterocycles. The van der Waals surface area contributed by atoms with Crippen LogP contribution >= 0.6 is 0 Å². The lowest BCUT2D eigenvalue weighted by molar-refractivity contribution is -0.121. The van der Waals surface area contributed by atoms with Crippen molar-refractivity contribution in [2.75, 3.05) is 32.2 Å². The molecule has 0 atom stereocenters. The smallest absolute Gasteiger partial charge is 0.335 e. The largest absolute Gasteiger partial charge is 0.489 e. The summed E-state index contributed by atoms with van der Waals surface area (Å²) in [7, 11) is 1.54. The lowest BCUT2D eigenvalue weighted by Crippen LogP contribution is -2.21. The molecule has 0 bridgehead atoms. The van der Waals surface area contributed by atoms with Crippen LogP contribution in [-0.2, 0) is 14.3 Å². The van der Waals surface area contributed by atoms with Crippen molar-refractivity contribution in [3.63, 3.8) is 0 Å². The number of aromatic carboxylic acids is 1. The highest BCUT2D eigenvalue weighted by molar-refractivity contribution is 5.96. The maximum absolute atomic E-state index is 11.8. The van der Waals surface area contributed by atoms with Gasteiger partial charge in [-0.2, -0.15) is 0 Å². The standard InChI is InChI=1S/C15H21NO6/c1-10(2)22-13-5-4-11(15(18)19)8-12(13)16-14(17)9-21-7-6-20-3/h4-5,8,10H,6-7,9H2,1-3H3,(H,16,17)(H,18,19). The van der Waals surface area contributed by atoms with Crippen molar-refractivity contribution >= 4 is 17.6 Å². The van der Waals surface area contributed by atoms with E-state index in [1.807, 2.05) is 13.8 Å². The number of carbonyl (C=O) groups is 2. The number of carbonyl (C=O) groups excluding carboxylic acids is 1. The molecule has 22 heavy (non-hydrogen) atoms. The van der Waals surface area contributed by atoms with Gasteiger partial charge in [-0.25, -0.2) is 4.79 Å². The van der Waals surface area contributed by atoms with Crippen molar-refractivity contribution in [1.29, 1.82) is 0 Å². The van der Waals surface area contributed by atoms with E-state index in [2.05, 4.69) is 5.32 Å². The van der Waals surface area contributed by atoms with Crippen LogP contribution in [-0.4, -0.2) is 50.0 Å². The van der Waals surface area contributed by atoms with Gasteiger partial charge in [-0.3, -0.25) is 4.79 Å². The molecule has 0 radical (unpaired) electrons. The molecule has 7 nitrogen and oxygen atoms in total. The molecule has 0 aliphatic carbocycles. The fourth-order valence-electron chi connectivity index (χ4n) is 1.61. The van der Waals surface area contributed by atoms with E-state index in [0.717, 1.165) is 0 Å². The van der Waals surface area contributed by atoms with Crippen LogP contribution in [0, 0.1) is 0 Å². The number of hydrogen-bond acceptors (Lipinski definition) is 5. The lowest BCUT2D eigenvalue weighted by Gasteiger charge is -2.15. The number of ether oxygens (including phenoxy) is 3. The zero-order valence-corrected chi connectivity index (χ0v) is 12.9. The first-order valence-corrected chi connectivity index (χ1v) is 6.84. The Morgan fingerprint density at radius 1 is 1.27 bits per heavy atom. The molecule has 2 N–H and O–H groups in total. The van der Waals surface area contributed by atoms with Gasteiger partial charge in [0, 0.05) is 7.11 Å². The number of methoxy groups -OCH3 is 1. The summed E-state index contributed by atoms with van der Waals surface area (Å²) in [6.07, 6.45) is -0.107. The van der Waals surface area contributed by atoms with Gasteiger partial charge in [-0.15, -0.1) is 0 Å². The third kappa shape index (κ3) is 6.11. The third-order valence-corrected chi connectivity index (χ3v) is 2.53. The minimum absolute atomic E-state index is 0.0618. The molecular formula is C15H21NO6. The van der Waals surface area contributed by atoms with E-state index >= 15 is 0 Å². The SMILES string of the molecule is COCCOCC(=O)Nc1cc(C(=O)O)ccc1OC(C)C. The van der Waals surface area contributed by atoms with Gasteiger partial charge in [-0.1, -0.05) is 0 Å². The first kappa shape index (κ1) is 17.9. The number of hydrogen-bond donors (Lipinski definition) is 2. The van der Waals surface area contributed by atoms with Crippen LogP contribution in [0.15, 0.2) is 18.2 Å². The predicted octanol–water partition coefficient (Wildman–Crippen LogP) is 1.77. The van der Waals surface area contributed by atoms with E-state index in [0.29, 0.717) is 24.7 Å². The zero-order valence-electron chi connectivity index (χ0n) is 12.9. The average molecular weight is 311 g/mol. The number of rotatable bonds is 9. The van der Waals surface area contributed by atoms with Gasteiger partial charge >= 0.3 is 5.97 Å². The topological polar surface area (TPSA) is 94.1 Å². The number of carboxylic acids is 1. The molecular weight excluding hydrogens is 290 g/mol. The monoisotopic (exact) mass is 311 g/mol. The van der Waals surface area contributed by atoms with E-state index in [9.17, 15) is 9.59 Å². The van der Waals surface area contributed by atoms with Gasteiger partial charge in [0.15, 0.2) is 0 Å². The Morgan fingerprint density at radius 3 is 2.59 bits per heavy atom. The summed E-state index contributed by atoms with van der Waals surface area (Å²) in [5.74, 6) is -1.07. The number of benzene rings is 1. The Hall–Kier alpha value is -2.12. The summed E-state index contributed by atoms with van der Waals surface area (Å²) in [6, 6.07) is 4.29. The molecule has 0 spiro atoms. The van der Waals surface area contributed by atoms with Gasteiger partial charge < -0.3 is 24.6 Å². The molecule has 0 aliphatic rings. The van der Waals surface area contributed by atoms with E-state index in [-0.39, 0.29) is 18.3 Å². The highest BCUT2D eigenvalue weighted by Gasteiger charge is 2.13. The molecule has 122 valence electrons. The van der Waals surface area contributed by atoms with Crippen LogP contribution in [0.1, 0.15) is 24.2 Å². The van der Waals surface area contributed by atoms with Gasteiger partial charge in [0.1, 0.15) is 12.4 Å². The summed E-state index contributed by atoms with van der Waals surface area (Å²) in [6.45, 7) is 4.22. The van der Waals surface area contributed by atoms with Crippen molar-refractivity contribution in [2.45, 2.75) is 20.0 Å². The average Bonchev–Trinajstić information content (AvgIpc) is 2.44. The minimum atomic E-state index is -1.08. The highest BCUT2D eigenvalue weighted by Crippen LogP contribution is 2.27. The van der Waals surface area contributed by atoms with Crippen molar-refractivity contribution in [3.8, 4) is 5.75 Å². The van der Waals surface area contributed by atoms with E-state index in [1.54, 1.807) is 0 Å². The van der Waals surface area contributed by atoms with Crippen molar-refractivity contribution < 1.29 is 28.9 Å². The van der Waals surface area contributed by atoms with Gasteiger partial charge in [0.2, 0.25) is 5.91 Å². The molecule has 1 aromatic rings. The summed E-state index contributed by atoms with van der Waals surface area (Å²) in [4.78, 5) is 22.8. The minimum Gasteiger partial charge on any atom is -0.489 e. The highest BCUT2D eigenvalue weighted by atomic mass is 16.5. The fourth-order valence-corrected chi connectivity index (χ4v) is 1.61. The lowest BCUT2D eigenvalue weighted by atomic mass is 10.2. The Kier molecular flexibility index (Phi) is 7.34. The summed E-state index contributed by atoms with van der Waals surface area (Å²) < 4.78 is 15.5. The first-order chi connectivity index (χ1) is 10.4. The van der Waals surface area contributed by atoms with Crippen LogP contribution in [0.3, 0.4) is 0 Å². The number of anilines is 1. The van der Waals surface area contributed by atoms with Gasteiger partial charge in [0.25, 0.3) is 0 Å². The van der Waals surface area contributed by atoms with E-state index in [1.165, 1.54) is 25.3 Å². The molecule has 0 aliphatic heterocycles. The van der Waals surface area contributed by atoms with Crippen LogP contribution in [0.25, 0.3) is 0 Å². The van der Waals surface area contributed by atoms with Crippen LogP contribution in [0.5, 0.6) is 5.75 Å². The number of nitrogens with one attached hydrogen (secondary N) is 1. The molecule has 1 rings (SSSR count). The van der Waals surface area contributed by atoms with Crippen LogP contribution < -0.4 is 10.1 Å². The predicted molar refractivity (Wildman–Crippen MR) is 80.5 cm³/mol. The summed E-state index contributed by atoms with van der Waals surface area (Å²) in [5.41, 5.74) is 0.362.